The standard InChI is InChI=1S/C29H32O3/c1-32-29(31)19-8-3-2-7-18-27-25(20-21-28(27)30)16-10-9-12-23-13-11-17-26(22-23)24-14-5-4-6-15-24/h4-6,8,11,13-15,17,19,22,25,27H,2-3,7,9,12,18,20-21H2,1H3/b19-8+/t25?,27-/m1/s1. The molecule has 2 aromatic rings. The molecular weight excluding hydrogens is 396 g/mol. The van der Waals surface area contributed by atoms with Crippen LogP contribution in [0.3, 0.4) is 0 Å². The molecule has 3 nitrogen and oxygen atoms in total. The van der Waals surface area contributed by atoms with E-state index in [0.29, 0.717) is 12.2 Å². The maximum atomic E-state index is 12.3. The van der Waals surface area contributed by atoms with Gasteiger partial charge in [0.15, 0.2) is 0 Å². The largest absolute Gasteiger partial charge is 0.466 e. The van der Waals surface area contributed by atoms with Crippen molar-refractivity contribution in [3.8, 4) is 23.0 Å². The van der Waals surface area contributed by atoms with Gasteiger partial charge in [-0.2, -0.15) is 0 Å². The lowest BCUT2D eigenvalue weighted by Crippen LogP contribution is -2.13. The van der Waals surface area contributed by atoms with E-state index < -0.39 is 0 Å². The van der Waals surface area contributed by atoms with Crippen LogP contribution >= 0.6 is 0 Å². The molecule has 3 rings (SSSR count). The van der Waals surface area contributed by atoms with Crippen LogP contribution < -0.4 is 0 Å². The monoisotopic (exact) mass is 428 g/mol. The van der Waals surface area contributed by atoms with Crippen molar-refractivity contribution >= 4 is 11.8 Å². The molecule has 0 radical (unpaired) electrons. The van der Waals surface area contributed by atoms with Crippen LogP contribution in [0.15, 0.2) is 66.7 Å². The van der Waals surface area contributed by atoms with Crippen molar-refractivity contribution in [1.29, 1.82) is 0 Å². The fourth-order valence-corrected chi connectivity index (χ4v) is 4.26. The fourth-order valence-electron chi connectivity index (χ4n) is 4.26. The number of rotatable bonds is 9. The first kappa shape index (κ1) is 23.5. The summed E-state index contributed by atoms with van der Waals surface area (Å²) in [6.07, 6.45) is 10.3. The quantitative estimate of drug-likeness (QED) is 0.207. The highest BCUT2D eigenvalue weighted by Gasteiger charge is 2.32. The Bertz CT molecular complexity index is 978. The van der Waals surface area contributed by atoms with Gasteiger partial charge in [0.25, 0.3) is 0 Å². The molecule has 1 saturated carbocycles. The Morgan fingerprint density at radius 2 is 1.91 bits per heavy atom. The minimum absolute atomic E-state index is 0.0773. The Morgan fingerprint density at radius 1 is 1.09 bits per heavy atom. The van der Waals surface area contributed by atoms with Gasteiger partial charge in [0.1, 0.15) is 5.78 Å². The summed E-state index contributed by atoms with van der Waals surface area (Å²) in [4.78, 5) is 23.4. The molecule has 0 spiro atoms. The summed E-state index contributed by atoms with van der Waals surface area (Å²) in [5.74, 6) is 7.08. The Morgan fingerprint density at radius 3 is 2.72 bits per heavy atom. The van der Waals surface area contributed by atoms with Gasteiger partial charge in [-0.15, -0.1) is 5.92 Å². The van der Waals surface area contributed by atoms with Crippen molar-refractivity contribution in [3.63, 3.8) is 0 Å². The number of Topliss-reactive ketones (excluding diaryl/α,β-unsaturated/α-hetero) is 1. The Kier molecular flexibility index (Phi) is 9.32. The summed E-state index contributed by atoms with van der Waals surface area (Å²) in [7, 11) is 1.38. The predicted octanol–water partition coefficient (Wildman–Crippen LogP) is 6.17. The minimum atomic E-state index is -0.321. The molecule has 2 atom stereocenters. The van der Waals surface area contributed by atoms with Gasteiger partial charge in [-0.05, 0) is 48.8 Å². The van der Waals surface area contributed by atoms with E-state index in [1.54, 1.807) is 0 Å². The third-order valence-corrected chi connectivity index (χ3v) is 6.05. The van der Waals surface area contributed by atoms with Gasteiger partial charge in [0.05, 0.1) is 7.11 Å². The summed E-state index contributed by atoms with van der Waals surface area (Å²) in [5, 5.41) is 0. The van der Waals surface area contributed by atoms with Crippen molar-refractivity contribution in [2.75, 3.05) is 7.11 Å². The average molecular weight is 429 g/mol. The molecule has 166 valence electrons. The molecule has 1 aliphatic carbocycles. The number of unbranched alkanes of at least 4 members (excludes halogenated alkanes) is 2. The lowest BCUT2D eigenvalue weighted by atomic mass is 9.90. The molecule has 3 heteroatoms. The lowest BCUT2D eigenvalue weighted by Gasteiger charge is -2.12. The summed E-state index contributed by atoms with van der Waals surface area (Å²) in [5.41, 5.74) is 3.76. The maximum Gasteiger partial charge on any atom is 0.330 e. The van der Waals surface area contributed by atoms with Crippen molar-refractivity contribution in [2.45, 2.75) is 51.4 Å². The van der Waals surface area contributed by atoms with E-state index in [9.17, 15) is 9.59 Å². The number of ether oxygens (including phenoxy) is 1. The van der Waals surface area contributed by atoms with Crippen LogP contribution in [0.1, 0.15) is 50.5 Å². The van der Waals surface area contributed by atoms with Crippen LogP contribution in [0.5, 0.6) is 0 Å². The van der Waals surface area contributed by atoms with Gasteiger partial charge in [-0.25, -0.2) is 4.79 Å². The number of ketones is 1. The number of carbonyl (C=O) groups excluding carboxylic acids is 2. The van der Waals surface area contributed by atoms with Gasteiger partial charge in [-0.1, -0.05) is 73.0 Å². The Labute approximate surface area is 191 Å². The number of aryl methyl sites for hydroxylation is 1. The van der Waals surface area contributed by atoms with Crippen molar-refractivity contribution < 1.29 is 14.3 Å². The molecule has 0 saturated heterocycles. The molecule has 0 aliphatic heterocycles. The molecule has 0 bridgehead atoms. The first-order valence-corrected chi connectivity index (χ1v) is 11.6. The van der Waals surface area contributed by atoms with E-state index in [4.69, 9.17) is 0 Å². The van der Waals surface area contributed by atoms with Crippen LogP contribution in [0.25, 0.3) is 11.1 Å². The first-order valence-electron chi connectivity index (χ1n) is 11.6. The van der Waals surface area contributed by atoms with Crippen LogP contribution in [0.4, 0.5) is 0 Å². The molecule has 1 unspecified atom stereocenters. The lowest BCUT2D eigenvalue weighted by molar-refractivity contribution is -0.134. The second-order valence-electron chi connectivity index (χ2n) is 8.32. The third-order valence-electron chi connectivity index (χ3n) is 6.05. The normalized spacial score (nSPS) is 17.8. The predicted molar refractivity (Wildman–Crippen MR) is 129 cm³/mol. The van der Waals surface area contributed by atoms with E-state index in [1.807, 2.05) is 12.1 Å². The van der Waals surface area contributed by atoms with Crippen molar-refractivity contribution in [2.24, 2.45) is 11.8 Å². The van der Waals surface area contributed by atoms with Gasteiger partial charge in [0, 0.05) is 30.8 Å². The Hall–Kier alpha value is -3.12. The highest BCUT2D eigenvalue weighted by molar-refractivity contribution is 5.84. The smallest absolute Gasteiger partial charge is 0.330 e. The van der Waals surface area contributed by atoms with Crippen LogP contribution in [-0.4, -0.2) is 18.9 Å². The zero-order valence-electron chi connectivity index (χ0n) is 18.9. The molecule has 1 fully saturated rings. The van der Waals surface area contributed by atoms with Gasteiger partial charge < -0.3 is 4.74 Å². The molecule has 0 aromatic heterocycles. The zero-order valence-corrected chi connectivity index (χ0v) is 18.9. The topological polar surface area (TPSA) is 43.4 Å². The van der Waals surface area contributed by atoms with E-state index in [1.165, 1.54) is 29.9 Å². The maximum absolute atomic E-state index is 12.3. The number of methoxy groups -OCH3 is 1. The fraction of sp³-hybridized carbons (Fsp3) is 0.379. The number of benzene rings is 2. The van der Waals surface area contributed by atoms with Crippen molar-refractivity contribution in [3.05, 3.63) is 72.3 Å². The van der Waals surface area contributed by atoms with Crippen LogP contribution in [0, 0.1) is 23.7 Å². The number of hydrogen-bond acceptors (Lipinski definition) is 3. The van der Waals surface area contributed by atoms with E-state index in [0.717, 1.165) is 44.9 Å². The molecule has 32 heavy (non-hydrogen) atoms. The first-order chi connectivity index (χ1) is 15.7. The summed E-state index contributed by atoms with van der Waals surface area (Å²) >= 11 is 0. The second-order valence-corrected chi connectivity index (χ2v) is 8.32. The molecule has 0 heterocycles. The molecule has 1 aliphatic rings. The number of allylic oxidation sites excluding steroid dienone is 1. The van der Waals surface area contributed by atoms with Crippen LogP contribution in [0.2, 0.25) is 0 Å². The highest BCUT2D eigenvalue weighted by Crippen LogP contribution is 2.32. The SMILES string of the molecule is COC(=O)/C=C/CCCC[C@H]1C(=O)CCC1C#CCCc1cccc(-c2ccccc2)c1. The van der Waals surface area contributed by atoms with E-state index >= 15 is 0 Å². The zero-order chi connectivity index (χ0) is 22.6. The number of hydrogen-bond donors (Lipinski definition) is 0. The van der Waals surface area contributed by atoms with Crippen LogP contribution in [-0.2, 0) is 20.7 Å². The average Bonchev–Trinajstić information content (AvgIpc) is 3.18. The van der Waals surface area contributed by atoms with E-state index in [2.05, 4.69) is 65.1 Å². The summed E-state index contributed by atoms with van der Waals surface area (Å²) < 4.78 is 4.58. The van der Waals surface area contributed by atoms with Crippen molar-refractivity contribution in [1.82, 2.24) is 0 Å². The summed E-state index contributed by atoms with van der Waals surface area (Å²) in [6, 6.07) is 19.1. The number of carbonyl (C=O) groups is 2. The third kappa shape index (κ3) is 7.24. The summed E-state index contributed by atoms with van der Waals surface area (Å²) in [6.45, 7) is 0. The van der Waals surface area contributed by atoms with Gasteiger partial charge in [0.2, 0.25) is 0 Å². The second kappa shape index (κ2) is 12.7. The Balaban J connectivity index is 1.45. The molecule has 2 aromatic carbocycles. The highest BCUT2D eigenvalue weighted by atomic mass is 16.5. The molecule has 0 amide bonds. The minimum Gasteiger partial charge on any atom is -0.466 e. The number of esters is 1. The van der Waals surface area contributed by atoms with Gasteiger partial charge >= 0.3 is 5.97 Å². The molecule has 0 N–H and O–H groups in total. The molecular formula is C29H32O3. The van der Waals surface area contributed by atoms with Gasteiger partial charge in [-0.3, -0.25) is 4.79 Å². The van der Waals surface area contributed by atoms with E-state index in [-0.39, 0.29) is 17.8 Å².